The van der Waals surface area contributed by atoms with Crippen LogP contribution < -0.4 is 20.2 Å². The van der Waals surface area contributed by atoms with Crippen molar-refractivity contribution in [1.82, 2.24) is 10.7 Å². The van der Waals surface area contributed by atoms with Crippen LogP contribution in [0.4, 0.5) is 0 Å². The zero-order chi connectivity index (χ0) is 17.2. The molecule has 1 rings (SSSR count). The molecule has 2 N–H and O–H groups in total. The first-order valence-electron chi connectivity index (χ1n) is 7.66. The van der Waals surface area contributed by atoms with Gasteiger partial charge in [-0.1, -0.05) is 18.5 Å². The third-order valence-corrected chi connectivity index (χ3v) is 3.07. The number of hydrogen-bond acceptors (Lipinski definition) is 4. The predicted molar refractivity (Wildman–Crippen MR) is 100 cm³/mol. The number of ether oxygens (including phenoxy) is 2. The lowest BCUT2D eigenvalue weighted by Gasteiger charge is -2.14. The minimum atomic E-state index is 0.249. The lowest BCUT2D eigenvalue weighted by atomic mass is 10.2. The number of nitrogens with one attached hydrogen (secondary N) is 2. The standard InChI is InChI=1S/C16H24ClN3O2S/c1-5-7-22-15-13(17)8-12(9-14(15)21-6-2)10-18-20-16(23)19-11(3)4/h8-11H,5-7H2,1-4H3,(H2,19,20,23). The second-order valence-electron chi connectivity index (χ2n) is 5.11. The van der Waals surface area contributed by atoms with Crippen molar-refractivity contribution in [1.29, 1.82) is 0 Å². The number of halogens is 1. The minimum absolute atomic E-state index is 0.249. The molecule has 128 valence electrons. The zero-order valence-electron chi connectivity index (χ0n) is 14.0. The summed E-state index contributed by atoms with van der Waals surface area (Å²) < 4.78 is 11.3. The average Bonchev–Trinajstić information content (AvgIpc) is 2.46. The first-order chi connectivity index (χ1) is 11.0. The molecule has 0 aliphatic heterocycles. The van der Waals surface area contributed by atoms with Gasteiger partial charge in [0.1, 0.15) is 0 Å². The summed E-state index contributed by atoms with van der Waals surface area (Å²) in [5.41, 5.74) is 3.55. The van der Waals surface area contributed by atoms with Crippen LogP contribution in [-0.4, -0.2) is 30.6 Å². The van der Waals surface area contributed by atoms with Gasteiger partial charge < -0.3 is 14.8 Å². The van der Waals surface area contributed by atoms with Crippen molar-refractivity contribution < 1.29 is 9.47 Å². The number of benzene rings is 1. The van der Waals surface area contributed by atoms with Crippen LogP contribution >= 0.6 is 23.8 Å². The number of rotatable bonds is 8. The van der Waals surface area contributed by atoms with E-state index in [4.69, 9.17) is 33.3 Å². The van der Waals surface area contributed by atoms with Gasteiger partial charge in [0.05, 0.1) is 24.5 Å². The van der Waals surface area contributed by atoms with Crippen molar-refractivity contribution in [2.75, 3.05) is 13.2 Å². The summed E-state index contributed by atoms with van der Waals surface area (Å²) in [6.07, 6.45) is 2.53. The Bertz CT molecular complexity index is 550. The van der Waals surface area contributed by atoms with E-state index in [0.717, 1.165) is 12.0 Å². The number of hydrazone groups is 1. The van der Waals surface area contributed by atoms with Crippen LogP contribution in [0.25, 0.3) is 0 Å². The van der Waals surface area contributed by atoms with Gasteiger partial charge >= 0.3 is 0 Å². The molecule has 0 saturated heterocycles. The first-order valence-corrected chi connectivity index (χ1v) is 8.45. The van der Waals surface area contributed by atoms with Crippen LogP contribution in [0.5, 0.6) is 11.5 Å². The van der Waals surface area contributed by atoms with Crippen molar-refractivity contribution in [3.8, 4) is 11.5 Å². The van der Waals surface area contributed by atoms with Crippen molar-refractivity contribution in [3.05, 3.63) is 22.7 Å². The third kappa shape index (κ3) is 7.05. The lowest BCUT2D eigenvalue weighted by molar-refractivity contribution is 0.277. The molecule has 0 aliphatic carbocycles. The molecule has 7 heteroatoms. The SMILES string of the molecule is CCCOc1c(Cl)cc(C=NNC(=S)NC(C)C)cc1OCC. The smallest absolute Gasteiger partial charge is 0.187 e. The van der Waals surface area contributed by atoms with Crippen molar-refractivity contribution in [2.45, 2.75) is 40.2 Å². The number of nitrogens with zero attached hydrogens (tertiary/aromatic N) is 1. The topological polar surface area (TPSA) is 54.9 Å². The molecule has 1 aromatic rings. The van der Waals surface area contributed by atoms with E-state index in [1.807, 2.05) is 33.8 Å². The summed E-state index contributed by atoms with van der Waals surface area (Å²) in [4.78, 5) is 0. The fourth-order valence-electron chi connectivity index (χ4n) is 1.73. The Morgan fingerprint density at radius 2 is 2.09 bits per heavy atom. The van der Waals surface area contributed by atoms with Gasteiger partial charge in [0.25, 0.3) is 0 Å². The summed E-state index contributed by atoms with van der Waals surface area (Å²) in [5.74, 6) is 1.18. The van der Waals surface area contributed by atoms with Crippen LogP contribution in [0.3, 0.4) is 0 Å². The van der Waals surface area contributed by atoms with E-state index in [0.29, 0.717) is 34.8 Å². The fourth-order valence-corrected chi connectivity index (χ4v) is 2.29. The zero-order valence-corrected chi connectivity index (χ0v) is 15.6. The highest BCUT2D eigenvalue weighted by Gasteiger charge is 2.11. The minimum Gasteiger partial charge on any atom is -0.490 e. The van der Waals surface area contributed by atoms with Gasteiger partial charge in [0.2, 0.25) is 0 Å². The molecule has 1 aromatic carbocycles. The molecular weight excluding hydrogens is 334 g/mol. The summed E-state index contributed by atoms with van der Waals surface area (Å²) >= 11 is 11.4. The van der Waals surface area contributed by atoms with Gasteiger partial charge in [-0.05, 0) is 57.1 Å². The molecule has 0 spiro atoms. The quantitative estimate of drug-likeness (QED) is 0.422. The molecule has 0 unspecified atom stereocenters. The molecule has 0 saturated carbocycles. The Hall–Kier alpha value is -1.53. The molecule has 0 atom stereocenters. The van der Waals surface area contributed by atoms with Crippen LogP contribution in [0.2, 0.25) is 5.02 Å². The Balaban J connectivity index is 2.85. The molecule has 0 radical (unpaired) electrons. The van der Waals surface area contributed by atoms with Gasteiger partial charge in [-0.25, -0.2) is 0 Å². The Labute approximate surface area is 148 Å². The lowest BCUT2D eigenvalue weighted by Crippen LogP contribution is -2.36. The highest BCUT2D eigenvalue weighted by Crippen LogP contribution is 2.36. The molecule has 0 heterocycles. The monoisotopic (exact) mass is 357 g/mol. The summed E-state index contributed by atoms with van der Waals surface area (Å²) in [7, 11) is 0. The Morgan fingerprint density at radius 1 is 1.35 bits per heavy atom. The highest BCUT2D eigenvalue weighted by atomic mass is 35.5. The second kappa shape index (κ2) is 10.3. The van der Waals surface area contributed by atoms with E-state index >= 15 is 0 Å². The summed E-state index contributed by atoms with van der Waals surface area (Å²) in [6.45, 7) is 9.07. The van der Waals surface area contributed by atoms with E-state index in [1.54, 1.807) is 12.3 Å². The van der Waals surface area contributed by atoms with Gasteiger partial charge in [-0.15, -0.1) is 0 Å². The van der Waals surface area contributed by atoms with Crippen molar-refractivity contribution in [3.63, 3.8) is 0 Å². The van der Waals surface area contributed by atoms with Gasteiger partial charge in [0, 0.05) is 6.04 Å². The highest BCUT2D eigenvalue weighted by molar-refractivity contribution is 7.80. The van der Waals surface area contributed by atoms with Crippen molar-refractivity contribution >= 4 is 35.1 Å². The first kappa shape index (κ1) is 19.5. The van der Waals surface area contributed by atoms with Gasteiger partial charge in [-0.2, -0.15) is 5.10 Å². The van der Waals surface area contributed by atoms with E-state index in [1.165, 1.54) is 0 Å². The Kier molecular flexibility index (Phi) is 8.73. The van der Waals surface area contributed by atoms with E-state index < -0.39 is 0 Å². The molecular formula is C16H24ClN3O2S. The number of thiocarbonyl (C=S) groups is 1. The number of hydrogen-bond donors (Lipinski definition) is 2. The maximum atomic E-state index is 6.29. The van der Waals surface area contributed by atoms with Crippen LogP contribution in [0.1, 0.15) is 39.7 Å². The third-order valence-electron chi connectivity index (χ3n) is 2.58. The molecule has 5 nitrogen and oxygen atoms in total. The normalized spacial score (nSPS) is 10.9. The van der Waals surface area contributed by atoms with Gasteiger partial charge in [0.15, 0.2) is 16.6 Å². The van der Waals surface area contributed by atoms with E-state index in [2.05, 4.69) is 15.8 Å². The maximum Gasteiger partial charge on any atom is 0.187 e. The molecule has 23 heavy (non-hydrogen) atoms. The molecule has 0 aliphatic rings. The molecule has 0 amide bonds. The second-order valence-corrected chi connectivity index (χ2v) is 5.93. The predicted octanol–water partition coefficient (Wildman–Crippen LogP) is 3.73. The van der Waals surface area contributed by atoms with Gasteiger partial charge in [-0.3, -0.25) is 5.43 Å². The van der Waals surface area contributed by atoms with Crippen LogP contribution in [0, 0.1) is 0 Å². The van der Waals surface area contributed by atoms with Crippen LogP contribution in [0.15, 0.2) is 17.2 Å². The van der Waals surface area contributed by atoms with Crippen LogP contribution in [-0.2, 0) is 0 Å². The maximum absolute atomic E-state index is 6.29. The largest absolute Gasteiger partial charge is 0.490 e. The molecule has 0 bridgehead atoms. The molecule has 0 fully saturated rings. The Morgan fingerprint density at radius 3 is 2.70 bits per heavy atom. The van der Waals surface area contributed by atoms with Crippen molar-refractivity contribution in [2.24, 2.45) is 5.10 Å². The summed E-state index contributed by atoms with van der Waals surface area (Å²) in [6, 6.07) is 3.86. The fraction of sp³-hybridized carbons (Fsp3) is 0.500. The summed E-state index contributed by atoms with van der Waals surface area (Å²) in [5, 5.41) is 8.10. The van der Waals surface area contributed by atoms with E-state index in [-0.39, 0.29) is 6.04 Å². The molecule has 0 aromatic heterocycles. The average molecular weight is 358 g/mol. The van der Waals surface area contributed by atoms with E-state index in [9.17, 15) is 0 Å².